The maximum atomic E-state index is 5.46. The molecule has 0 aliphatic heterocycles. The lowest BCUT2D eigenvalue weighted by Crippen LogP contribution is -2.23. The number of ether oxygens (including phenoxy) is 1. The molecule has 1 aromatic carbocycles. The van der Waals surface area contributed by atoms with Gasteiger partial charge in [0.15, 0.2) is 0 Å². The third-order valence-electron chi connectivity index (χ3n) is 2.70. The molecular weight excluding hydrogens is 230 g/mol. The van der Waals surface area contributed by atoms with E-state index in [-0.39, 0.29) is 0 Å². The Hall–Kier alpha value is -0.670. The molecule has 0 bridgehead atoms. The van der Waals surface area contributed by atoms with Gasteiger partial charge in [-0.2, -0.15) is 11.8 Å². The molecule has 2 nitrogen and oxygen atoms in total. The maximum absolute atomic E-state index is 5.46. The molecule has 1 rings (SSSR count). The van der Waals surface area contributed by atoms with E-state index in [0.29, 0.717) is 6.04 Å². The summed E-state index contributed by atoms with van der Waals surface area (Å²) >= 11 is 1.96. The summed E-state index contributed by atoms with van der Waals surface area (Å²) in [5.74, 6) is 3.22. The first-order valence-corrected chi connectivity index (χ1v) is 7.34. The zero-order valence-electron chi connectivity index (χ0n) is 11.2. The van der Waals surface area contributed by atoms with Crippen LogP contribution in [0.1, 0.15) is 31.0 Å². The SMILES string of the molecule is CCNC(CSCC)c1cc(C)ccc1OC. The van der Waals surface area contributed by atoms with E-state index in [1.54, 1.807) is 7.11 Å². The highest BCUT2D eigenvalue weighted by atomic mass is 32.2. The minimum Gasteiger partial charge on any atom is -0.496 e. The van der Waals surface area contributed by atoms with E-state index in [9.17, 15) is 0 Å². The van der Waals surface area contributed by atoms with Crippen LogP contribution in [0.4, 0.5) is 0 Å². The second kappa shape index (κ2) is 7.62. The van der Waals surface area contributed by atoms with Gasteiger partial charge in [0.2, 0.25) is 0 Å². The van der Waals surface area contributed by atoms with Crippen LogP contribution < -0.4 is 10.1 Å². The Morgan fingerprint density at radius 2 is 2.12 bits per heavy atom. The number of rotatable bonds is 7. The van der Waals surface area contributed by atoms with Gasteiger partial charge in [0, 0.05) is 17.4 Å². The van der Waals surface area contributed by atoms with Crippen molar-refractivity contribution in [2.75, 3.05) is 25.2 Å². The molecule has 0 radical (unpaired) electrons. The highest BCUT2D eigenvalue weighted by Crippen LogP contribution is 2.28. The number of hydrogen-bond donors (Lipinski definition) is 1. The number of nitrogens with one attached hydrogen (secondary N) is 1. The molecule has 0 saturated heterocycles. The van der Waals surface area contributed by atoms with E-state index in [2.05, 4.69) is 44.3 Å². The number of benzene rings is 1. The fourth-order valence-corrected chi connectivity index (χ4v) is 2.64. The van der Waals surface area contributed by atoms with Crippen molar-refractivity contribution in [2.24, 2.45) is 0 Å². The Morgan fingerprint density at radius 1 is 1.35 bits per heavy atom. The first-order chi connectivity index (χ1) is 8.22. The zero-order chi connectivity index (χ0) is 12.7. The first-order valence-electron chi connectivity index (χ1n) is 6.18. The highest BCUT2D eigenvalue weighted by Gasteiger charge is 2.15. The van der Waals surface area contributed by atoms with Crippen molar-refractivity contribution in [1.29, 1.82) is 0 Å². The van der Waals surface area contributed by atoms with Gasteiger partial charge in [0.1, 0.15) is 5.75 Å². The van der Waals surface area contributed by atoms with Crippen LogP contribution in [-0.4, -0.2) is 25.2 Å². The van der Waals surface area contributed by atoms with Crippen molar-refractivity contribution in [3.05, 3.63) is 29.3 Å². The molecule has 0 fully saturated rings. The second-order valence-corrected chi connectivity index (χ2v) is 5.33. The van der Waals surface area contributed by atoms with Crippen LogP contribution in [0.25, 0.3) is 0 Å². The van der Waals surface area contributed by atoms with Crippen LogP contribution in [0.5, 0.6) is 5.75 Å². The van der Waals surface area contributed by atoms with E-state index in [0.717, 1.165) is 23.8 Å². The summed E-state index contributed by atoms with van der Waals surface area (Å²) in [4.78, 5) is 0. The Balaban J connectivity index is 2.93. The standard InChI is InChI=1S/C14H23NOS/c1-5-15-13(10-17-6-2)12-9-11(3)7-8-14(12)16-4/h7-9,13,15H,5-6,10H2,1-4H3. The molecule has 0 heterocycles. The van der Waals surface area contributed by atoms with Crippen molar-refractivity contribution in [3.63, 3.8) is 0 Å². The Kier molecular flexibility index (Phi) is 6.45. The minimum atomic E-state index is 0.375. The number of hydrogen-bond acceptors (Lipinski definition) is 3. The summed E-state index contributed by atoms with van der Waals surface area (Å²) < 4.78 is 5.46. The maximum Gasteiger partial charge on any atom is 0.123 e. The van der Waals surface area contributed by atoms with Crippen LogP contribution in [0.3, 0.4) is 0 Å². The molecule has 1 unspecified atom stereocenters. The van der Waals surface area contributed by atoms with Gasteiger partial charge in [0.05, 0.1) is 7.11 Å². The average molecular weight is 253 g/mol. The van der Waals surface area contributed by atoms with E-state index >= 15 is 0 Å². The first kappa shape index (κ1) is 14.4. The largest absolute Gasteiger partial charge is 0.496 e. The van der Waals surface area contributed by atoms with Crippen molar-refractivity contribution in [1.82, 2.24) is 5.32 Å². The van der Waals surface area contributed by atoms with Gasteiger partial charge >= 0.3 is 0 Å². The lowest BCUT2D eigenvalue weighted by Gasteiger charge is -2.20. The van der Waals surface area contributed by atoms with Crippen molar-refractivity contribution >= 4 is 11.8 Å². The molecular formula is C14H23NOS. The van der Waals surface area contributed by atoms with Crippen LogP contribution >= 0.6 is 11.8 Å². The molecule has 1 atom stereocenters. The fourth-order valence-electron chi connectivity index (χ4n) is 1.87. The third-order valence-corrected chi connectivity index (χ3v) is 3.68. The van der Waals surface area contributed by atoms with E-state index in [4.69, 9.17) is 4.74 Å². The van der Waals surface area contributed by atoms with Gasteiger partial charge in [0.25, 0.3) is 0 Å². The topological polar surface area (TPSA) is 21.3 Å². The Labute approximate surface area is 109 Å². The molecule has 0 aliphatic rings. The molecule has 3 heteroatoms. The molecule has 0 saturated carbocycles. The number of aryl methyl sites for hydroxylation is 1. The fraction of sp³-hybridized carbons (Fsp3) is 0.571. The van der Waals surface area contributed by atoms with Crippen molar-refractivity contribution < 1.29 is 4.74 Å². The number of thioether (sulfide) groups is 1. The van der Waals surface area contributed by atoms with Gasteiger partial charge in [-0.15, -0.1) is 0 Å². The molecule has 0 amide bonds. The Morgan fingerprint density at radius 3 is 2.71 bits per heavy atom. The van der Waals surface area contributed by atoms with Gasteiger partial charge in [-0.3, -0.25) is 0 Å². The molecule has 17 heavy (non-hydrogen) atoms. The smallest absolute Gasteiger partial charge is 0.123 e. The van der Waals surface area contributed by atoms with E-state index in [1.807, 2.05) is 11.8 Å². The molecule has 0 spiro atoms. The van der Waals surface area contributed by atoms with Crippen LogP contribution in [0, 0.1) is 6.92 Å². The number of methoxy groups -OCH3 is 1. The van der Waals surface area contributed by atoms with Gasteiger partial charge in [-0.05, 0) is 25.3 Å². The molecule has 1 N–H and O–H groups in total. The zero-order valence-corrected chi connectivity index (χ0v) is 12.1. The summed E-state index contributed by atoms with van der Waals surface area (Å²) in [6.07, 6.45) is 0. The predicted molar refractivity (Wildman–Crippen MR) is 77.1 cm³/mol. The summed E-state index contributed by atoms with van der Waals surface area (Å²) in [6, 6.07) is 6.76. The van der Waals surface area contributed by atoms with Crippen LogP contribution in [0.15, 0.2) is 18.2 Å². The summed E-state index contributed by atoms with van der Waals surface area (Å²) in [6.45, 7) is 7.44. The van der Waals surface area contributed by atoms with E-state index in [1.165, 1.54) is 11.1 Å². The summed E-state index contributed by atoms with van der Waals surface area (Å²) in [7, 11) is 1.74. The van der Waals surface area contributed by atoms with Crippen molar-refractivity contribution in [3.8, 4) is 5.75 Å². The molecule has 0 aromatic heterocycles. The lowest BCUT2D eigenvalue weighted by molar-refractivity contribution is 0.403. The molecule has 1 aromatic rings. The third kappa shape index (κ3) is 4.25. The summed E-state index contributed by atoms with van der Waals surface area (Å²) in [5, 5.41) is 3.53. The molecule has 0 aliphatic carbocycles. The van der Waals surface area contributed by atoms with Crippen LogP contribution in [0.2, 0.25) is 0 Å². The van der Waals surface area contributed by atoms with Crippen LogP contribution in [-0.2, 0) is 0 Å². The van der Waals surface area contributed by atoms with Gasteiger partial charge < -0.3 is 10.1 Å². The average Bonchev–Trinajstić information content (AvgIpc) is 2.34. The quantitative estimate of drug-likeness (QED) is 0.804. The second-order valence-electron chi connectivity index (χ2n) is 4.02. The summed E-state index contributed by atoms with van der Waals surface area (Å²) in [5.41, 5.74) is 2.56. The van der Waals surface area contributed by atoms with Gasteiger partial charge in [-0.25, -0.2) is 0 Å². The lowest BCUT2D eigenvalue weighted by atomic mass is 10.0. The minimum absolute atomic E-state index is 0.375. The Bertz CT molecular complexity index is 341. The normalized spacial score (nSPS) is 12.5. The highest BCUT2D eigenvalue weighted by molar-refractivity contribution is 7.99. The van der Waals surface area contributed by atoms with Crippen molar-refractivity contribution in [2.45, 2.75) is 26.8 Å². The predicted octanol–water partition coefficient (Wildman–Crippen LogP) is 3.41. The molecule has 96 valence electrons. The van der Waals surface area contributed by atoms with E-state index < -0.39 is 0 Å². The van der Waals surface area contributed by atoms with Gasteiger partial charge in [-0.1, -0.05) is 31.5 Å². The monoisotopic (exact) mass is 253 g/mol.